The number of thioether (sulfide) groups is 1. The van der Waals surface area contributed by atoms with Gasteiger partial charge in [0, 0.05) is 11.7 Å². The molecule has 3 atom stereocenters. The van der Waals surface area contributed by atoms with Gasteiger partial charge < -0.3 is 8.92 Å². The Morgan fingerprint density at radius 2 is 2.04 bits per heavy atom. The second-order valence-electron chi connectivity index (χ2n) is 6.01. The summed E-state index contributed by atoms with van der Waals surface area (Å²) in [5.74, 6) is -1.83. The average Bonchev–Trinajstić information content (AvgIpc) is 2.98. The molecular weight excluding hydrogens is 369 g/mol. The number of alkyl halides is 3. The van der Waals surface area contributed by atoms with E-state index >= 15 is 0 Å². The topological polar surface area (TPSA) is 69.7 Å². The van der Waals surface area contributed by atoms with E-state index in [9.17, 15) is 26.4 Å². The summed E-state index contributed by atoms with van der Waals surface area (Å²) >= 11 is 1.62. The van der Waals surface area contributed by atoms with Crippen molar-refractivity contribution in [2.45, 2.75) is 37.4 Å². The van der Waals surface area contributed by atoms with Crippen LogP contribution in [0.1, 0.15) is 26.7 Å². The van der Waals surface area contributed by atoms with Crippen LogP contribution >= 0.6 is 11.8 Å². The Labute approximate surface area is 143 Å². The van der Waals surface area contributed by atoms with Crippen LogP contribution < -0.4 is 0 Å². The number of carbonyl (C=O) groups excluding carboxylic acids is 1. The summed E-state index contributed by atoms with van der Waals surface area (Å²) in [6.45, 7) is 4.24. The molecule has 138 valence electrons. The molecule has 2 aliphatic rings. The van der Waals surface area contributed by atoms with Crippen molar-refractivity contribution in [1.29, 1.82) is 0 Å². The first-order chi connectivity index (χ1) is 11.0. The van der Waals surface area contributed by atoms with Crippen molar-refractivity contribution in [2.24, 2.45) is 17.8 Å². The molecule has 2 rings (SSSR count). The van der Waals surface area contributed by atoms with E-state index in [2.05, 4.69) is 4.18 Å². The van der Waals surface area contributed by atoms with Crippen molar-refractivity contribution < 1.29 is 35.3 Å². The highest BCUT2D eigenvalue weighted by molar-refractivity contribution is 7.99. The number of hydrogen-bond acceptors (Lipinski definition) is 6. The van der Waals surface area contributed by atoms with Crippen LogP contribution in [0.25, 0.3) is 0 Å². The molecule has 2 aliphatic carbocycles. The molecule has 0 aromatic carbocycles. The summed E-state index contributed by atoms with van der Waals surface area (Å²) in [5, 5.41) is 0.403. The molecule has 3 unspecified atom stereocenters. The maximum atomic E-state index is 12.4. The lowest BCUT2D eigenvalue weighted by molar-refractivity contribution is -0.149. The number of hydrogen-bond donors (Lipinski definition) is 0. The van der Waals surface area contributed by atoms with Crippen molar-refractivity contribution in [3.8, 4) is 0 Å². The van der Waals surface area contributed by atoms with Crippen molar-refractivity contribution in [3.05, 3.63) is 11.8 Å². The van der Waals surface area contributed by atoms with Gasteiger partial charge >= 0.3 is 21.6 Å². The van der Waals surface area contributed by atoms with E-state index in [-0.39, 0.29) is 18.3 Å². The lowest BCUT2D eigenvalue weighted by Crippen LogP contribution is -2.28. The summed E-state index contributed by atoms with van der Waals surface area (Å²) in [6.07, 6.45) is 2.32. The van der Waals surface area contributed by atoms with E-state index in [1.165, 1.54) is 6.08 Å². The first-order valence-electron chi connectivity index (χ1n) is 7.53. The average molecular weight is 388 g/mol. The largest absolute Gasteiger partial charge is 0.534 e. The van der Waals surface area contributed by atoms with Gasteiger partial charge in [0.25, 0.3) is 0 Å². The Morgan fingerprint density at radius 1 is 1.38 bits per heavy atom. The third-order valence-corrected chi connectivity index (χ3v) is 6.04. The second-order valence-corrected chi connectivity index (χ2v) is 9.23. The van der Waals surface area contributed by atoms with Crippen molar-refractivity contribution in [1.82, 2.24) is 0 Å². The molecule has 1 fully saturated rings. The van der Waals surface area contributed by atoms with E-state index in [1.54, 1.807) is 11.8 Å². The van der Waals surface area contributed by atoms with Crippen LogP contribution in [0.15, 0.2) is 11.8 Å². The predicted octanol–water partition coefficient (Wildman–Crippen LogP) is 3.08. The number of halogens is 3. The smallest absolute Gasteiger partial charge is 0.465 e. The Hall–Kier alpha value is -0.900. The quantitative estimate of drug-likeness (QED) is 0.289. The maximum absolute atomic E-state index is 12.4. The van der Waals surface area contributed by atoms with E-state index in [0.29, 0.717) is 23.8 Å². The van der Waals surface area contributed by atoms with Gasteiger partial charge in [-0.1, -0.05) is 13.8 Å². The summed E-state index contributed by atoms with van der Waals surface area (Å²) in [5.41, 5.74) is -5.49. The molecule has 1 saturated carbocycles. The van der Waals surface area contributed by atoms with Gasteiger partial charge in [-0.05, 0) is 30.1 Å². The van der Waals surface area contributed by atoms with Gasteiger partial charge in [0.1, 0.15) is 12.4 Å². The Balaban J connectivity index is 1.95. The second kappa shape index (κ2) is 7.15. The van der Waals surface area contributed by atoms with Crippen LogP contribution in [-0.2, 0) is 23.8 Å². The zero-order valence-corrected chi connectivity index (χ0v) is 14.8. The molecule has 0 N–H and O–H groups in total. The third kappa shape index (κ3) is 4.19. The molecule has 2 bridgehead atoms. The van der Waals surface area contributed by atoms with Gasteiger partial charge in [0.2, 0.25) is 0 Å². The molecule has 24 heavy (non-hydrogen) atoms. The molecule has 0 amide bonds. The molecule has 0 heterocycles. The van der Waals surface area contributed by atoms with Gasteiger partial charge in [0.15, 0.2) is 0 Å². The first-order valence-corrected chi connectivity index (χ1v) is 9.99. The van der Waals surface area contributed by atoms with Crippen LogP contribution in [0.3, 0.4) is 0 Å². The summed E-state index contributed by atoms with van der Waals surface area (Å²) in [4.78, 5) is 12.2. The molecule has 0 aromatic heterocycles. The molecule has 10 heteroatoms. The van der Waals surface area contributed by atoms with Crippen LogP contribution in [0.2, 0.25) is 0 Å². The monoisotopic (exact) mass is 388 g/mol. The minimum Gasteiger partial charge on any atom is -0.465 e. The van der Waals surface area contributed by atoms with Gasteiger partial charge in [-0.25, -0.2) is 0 Å². The third-order valence-electron chi connectivity index (χ3n) is 3.99. The fraction of sp³-hybridized carbons (Fsp3) is 0.786. The van der Waals surface area contributed by atoms with Crippen LogP contribution in [0, 0.1) is 17.8 Å². The number of rotatable bonds is 7. The van der Waals surface area contributed by atoms with E-state index in [1.807, 2.05) is 13.8 Å². The number of carbonyl (C=O) groups is 1. The van der Waals surface area contributed by atoms with Gasteiger partial charge in [-0.3, -0.25) is 4.79 Å². The molecular formula is C14H19F3O5S2. The fourth-order valence-electron chi connectivity index (χ4n) is 3.00. The first kappa shape index (κ1) is 19.4. The Morgan fingerprint density at radius 3 is 2.62 bits per heavy atom. The predicted molar refractivity (Wildman–Crippen MR) is 82.4 cm³/mol. The van der Waals surface area contributed by atoms with Gasteiger partial charge in [-0.2, -0.15) is 33.4 Å². The highest BCUT2D eigenvalue weighted by Crippen LogP contribution is 2.50. The molecule has 0 saturated heterocycles. The summed E-state index contributed by atoms with van der Waals surface area (Å²) in [6, 6.07) is 0. The zero-order chi connectivity index (χ0) is 18.1. The van der Waals surface area contributed by atoms with E-state index < -0.39 is 33.4 Å². The molecule has 5 nitrogen and oxygen atoms in total. The lowest BCUT2D eigenvalue weighted by Gasteiger charge is -2.18. The number of esters is 1. The van der Waals surface area contributed by atoms with Crippen molar-refractivity contribution in [2.75, 3.05) is 12.4 Å². The van der Waals surface area contributed by atoms with E-state index in [4.69, 9.17) is 4.74 Å². The lowest BCUT2D eigenvalue weighted by atomic mass is 9.96. The SMILES string of the molecule is CC(C)SCCOC(=O)C1C2C=C(OS(=O)(=O)C(F)(F)F)C1CC2. The number of ether oxygens (including phenoxy) is 1. The Bertz CT molecular complexity index is 612. The molecule has 0 radical (unpaired) electrons. The number of allylic oxidation sites excluding steroid dienone is 2. The van der Waals surface area contributed by atoms with Crippen LogP contribution in [0.5, 0.6) is 0 Å². The minimum absolute atomic E-state index is 0.217. The molecule has 0 aromatic rings. The summed E-state index contributed by atoms with van der Waals surface area (Å²) < 4.78 is 68.9. The highest BCUT2D eigenvalue weighted by atomic mass is 32.2. The molecule has 0 aliphatic heterocycles. The molecule has 0 spiro atoms. The minimum atomic E-state index is -5.71. The van der Waals surface area contributed by atoms with Crippen molar-refractivity contribution in [3.63, 3.8) is 0 Å². The van der Waals surface area contributed by atoms with Gasteiger partial charge in [-0.15, -0.1) is 0 Å². The fourth-order valence-corrected chi connectivity index (χ4v) is 4.17. The number of fused-ring (bicyclic) bond motifs is 2. The van der Waals surface area contributed by atoms with Gasteiger partial charge in [0.05, 0.1) is 5.92 Å². The Kier molecular flexibility index (Phi) is 5.79. The van der Waals surface area contributed by atoms with Crippen LogP contribution in [0.4, 0.5) is 13.2 Å². The highest BCUT2D eigenvalue weighted by Gasteiger charge is 2.54. The van der Waals surface area contributed by atoms with Crippen molar-refractivity contribution >= 4 is 27.8 Å². The van der Waals surface area contributed by atoms with Crippen LogP contribution in [-0.4, -0.2) is 37.5 Å². The summed E-state index contributed by atoms with van der Waals surface area (Å²) in [7, 11) is -5.71. The standard InChI is InChI=1S/C14H19F3O5S2/c1-8(2)23-6-5-21-13(18)12-9-3-4-10(12)11(7-9)22-24(19,20)14(15,16)17/h7-10,12H,3-6H2,1-2H3. The van der Waals surface area contributed by atoms with E-state index in [0.717, 1.165) is 0 Å². The normalized spacial score (nSPS) is 26.6. The maximum Gasteiger partial charge on any atom is 0.534 e. The zero-order valence-electron chi connectivity index (χ0n) is 13.2.